The van der Waals surface area contributed by atoms with Crippen molar-refractivity contribution in [2.24, 2.45) is 4.99 Å². The van der Waals surface area contributed by atoms with Crippen LogP contribution in [0.3, 0.4) is 0 Å². The van der Waals surface area contributed by atoms with E-state index in [0.29, 0.717) is 5.84 Å². The van der Waals surface area contributed by atoms with E-state index in [1.807, 2.05) is 24.8 Å². The summed E-state index contributed by atoms with van der Waals surface area (Å²) in [5, 5.41) is 16.8. The first kappa shape index (κ1) is 10.4. The van der Waals surface area contributed by atoms with E-state index in [1.54, 1.807) is 6.19 Å². The third-order valence-electron chi connectivity index (χ3n) is 1.54. The lowest BCUT2D eigenvalue weighted by Crippen LogP contribution is -2.30. The fraction of sp³-hybridized carbons (Fsp3) is 0.625. The zero-order valence-corrected chi connectivity index (χ0v) is 7.41. The SMILES string of the molecule is CCN(CC)/C(CC#N)=N/C#N. The highest BCUT2D eigenvalue weighted by Gasteiger charge is 2.05. The second-order valence-corrected chi connectivity index (χ2v) is 2.14. The van der Waals surface area contributed by atoms with Gasteiger partial charge in [-0.3, -0.25) is 0 Å². The zero-order valence-electron chi connectivity index (χ0n) is 7.41. The number of hydrogen-bond acceptors (Lipinski definition) is 3. The minimum Gasteiger partial charge on any atom is -0.359 e. The van der Waals surface area contributed by atoms with E-state index in [4.69, 9.17) is 10.5 Å². The van der Waals surface area contributed by atoms with Crippen LogP contribution in [0.2, 0.25) is 0 Å². The molecule has 0 radical (unpaired) electrons. The molecule has 0 heterocycles. The highest BCUT2D eigenvalue weighted by molar-refractivity contribution is 5.84. The van der Waals surface area contributed by atoms with Gasteiger partial charge in [-0.2, -0.15) is 15.5 Å². The van der Waals surface area contributed by atoms with Gasteiger partial charge in [0.15, 0.2) is 0 Å². The van der Waals surface area contributed by atoms with Crippen molar-refractivity contribution in [1.82, 2.24) is 4.90 Å². The normalized spacial score (nSPS) is 10.2. The standard InChI is InChI=1S/C8H12N4/c1-3-12(4-2)8(5-6-9)11-7-10/h3-5H2,1-2H3/b11-8+. The van der Waals surface area contributed by atoms with Crippen LogP contribution in [0.25, 0.3) is 0 Å². The van der Waals surface area contributed by atoms with Gasteiger partial charge in [0.1, 0.15) is 5.84 Å². The molecule has 0 saturated heterocycles. The third-order valence-corrected chi connectivity index (χ3v) is 1.54. The molecule has 0 unspecified atom stereocenters. The van der Waals surface area contributed by atoms with Crippen molar-refractivity contribution in [3.63, 3.8) is 0 Å². The minimum absolute atomic E-state index is 0.204. The van der Waals surface area contributed by atoms with Crippen LogP contribution in [-0.4, -0.2) is 23.8 Å². The Kier molecular flexibility index (Phi) is 5.38. The highest BCUT2D eigenvalue weighted by Crippen LogP contribution is 1.95. The summed E-state index contributed by atoms with van der Waals surface area (Å²) in [5.41, 5.74) is 0. The van der Waals surface area contributed by atoms with Crippen LogP contribution in [0.5, 0.6) is 0 Å². The van der Waals surface area contributed by atoms with Crippen LogP contribution in [0.15, 0.2) is 4.99 Å². The van der Waals surface area contributed by atoms with Crippen LogP contribution in [0.4, 0.5) is 0 Å². The highest BCUT2D eigenvalue weighted by atomic mass is 15.2. The number of hydrogen-bond donors (Lipinski definition) is 0. The summed E-state index contributed by atoms with van der Waals surface area (Å²) in [6.45, 7) is 5.49. The van der Waals surface area contributed by atoms with Crippen molar-refractivity contribution in [2.45, 2.75) is 20.3 Å². The zero-order chi connectivity index (χ0) is 9.40. The number of nitriles is 2. The molecule has 0 atom stereocenters. The molecule has 4 heteroatoms. The summed E-state index contributed by atoms with van der Waals surface area (Å²) in [6.07, 6.45) is 1.90. The average Bonchev–Trinajstić information content (AvgIpc) is 2.07. The molecule has 0 N–H and O–H groups in total. The smallest absolute Gasteiger partial charge is 0.207 e. The maximum atomic E-state index is 8.44. The Morgan fingerprint density at radius 1 is 1.33 bits per heavy atom. The Balaban J connectivity index is 4.41. The molecule has 0 spiro atoms. The predicted octanol–water partition coefficient (Wildman–Crippen LogP) is 1.12. The Labute approximate surface area is 72.7 Å². The van der Waals surface area contributed by atoms with Crippen molar-refractivity contribution in [3.8, 4) is 12.3 Å². The lowest BCUT2D eigenvalue weighted by Gasteiger charge is -2.19. The summed E-state index contributed by atoms with van der Waals surface area (Å²) in [6, 6.07) is 1.98. The molecule has 0 amide bonds. The van der Waals surface area contributed by atoms with Gasteiger partial charge in [-0.15, -0.1) is 0 Å². The fourth-order valence-corrected chi connectivity index (χ4v) is 0.939. The summed E-state index contributed by atoms with van der Waals surface area (Å²) >= 11 is 0. The molecule has 0 aromatic rings. The summed E-state index contributed by atoms with van der Waals surface area (Å²) in [7, 11) is 0. The van der Waals surface area contributed by atoms with Crippen LogP contribution in [-0.2, 0) is 0 Å². The number of amidine groups is 1. The van der Waals surface area contributed by atoms with Crippen molar-refractivity contribution in [1.29, 1.82) is 10.5 Å². The first-order valence-corrected chi connectivity index (χ1v) is 3.87. The van der Waals surface area contributed by atoms with Crippen LogP contribution >= 0.6 is 0 Å². The van der Waals surface area contributed by atoms with Crippen molar-refractivity contribution >= 4 is 5.84 Å². The maximum absolute atomic E-state index is 8.44. The van der Waals surface area contributed by atoms with Crippen LogP contribution < -0.4 is 0 Å². The van der Waals surface area contributed by atoms with Gasteiger partial charge in [0.05, 0.1) is 12.5 Å². The largest absolute Gasteiger partial charge is 0.359 e. The fourth-order valence-electron chi connectivity index (χ4n) is 0.939. The lowest BCUT2D eigenvalue weighted by atomic mass is 10.3. The van der Waals surface area contributed by atoms with E-state index in [9.17, 15) is 0 Å². The van der Waals surface area contributed by atoms with Gasteiger partial charge in [0.2, 0.25) is 6.19 Å². The van der Waals surface area contributed by atoms with E-state index in [0.717, 1.165) is 13.1 Å². The molecule has 0 saturated carbocycles. The molecule has 0 aliphatic rings. The van der Waals surface area contributed by atoms with Gasteiger partial charge in [-0.1, -0.05) is 0 Å². The van der Waals surface area contributed by atoms with Crippen molar-refractivity contribution in [2.75, 3.05) is 13.1 Å². The molecule has 0 aromatic heterocycles. The average molecular weight is 164 g/mol. The molecule has 0 aromatic carbocycles. The van der Waals surface area contributed by atoms with Gasteiger partial charge in [-0.25, -0.2) is 0 Å². The van der Waals surface area contributed by atoms with E-state index in [2.05, 4.69) is 4.99 Å². The first-order valence-electron chi connectivity index (χ1n) is 3.87. The molecule has 0 rings (SSSR count). The van der Waals surface area contributed by atoms with Gasteiger partial charge in [-0.05, 0) is 13.8 Å². The first-order chi connectivity index (χ1) is 5.79. The lowest BCUT2D eigenvalue weighted by molar-refractivity contribution is 0.459. The molecule has 0 fully saturated rings. The van der Waals surface area contributed by atoms with E-state index >= 15 is 0 Å². The van der Waals surface area contributed by atoms with Gasteiger partial charge < -0.3 is 4.90 Å². The third kappa shape index (κ3) is 3.03. The molecule has 0 aliphatic heterocycles. The molecule has 0 bridgehead atoms. The van der Waals surface area contributed by atoms with Gasteiger partial charge in [0.25, 0.3) is 0 Å². The molecule has 0 aliphatic carbocycles. The Morgan fingerprint density at radius 2 is 1.92 bits per heavy atom. The van der Waals surface area contributed by atoms with Crippen LogP contribution in [0.1, 0.15) is 20.3 Å². The summed E-state index contributed by atoms with van der Waals surface area (Å²) < 4.78 is 0. The maximum Gasteiger partial charge on any atom is 0.207 e. The summed E-state index contributed by atoms with van der Waals surface area (Å²) in [4.78, 5) is 5.48. The van der Waals surface area contributed by atoms with E-state index in [1.165, 1.54) is 0 Å². The number of nitrogens with zero attached hydrogens (tertiary/aromatic N) is 4. The molecule has 12 heavy (non-hydrogen) atoms. The second kappa shape index (κ2) is 6.18. The quantitative estimate of drug-likeness (QED) is 0.356. The monoisotopic (exact) mass is 164 g/mol. The predicted molar refractivity (Wildman–Crippen MR) is 46.2 cm³/mol. The van der Waals surface area contributed by atoms with Gasteiger partial charge in [0, 0.05) is 13.1 Å². The Morgan fingerprint density at radius 3 is 2.25 bits per heavy atom. The van der Waals surface area contributed by atoms with Gasteiger partial charge >= 0.3 is 0 Å². The molecular formula is C8H12N4. The van der Waals surface area contributed by atoms with Crippen molar-refractivity contribution in [3.05, 3.63) is 0 Å². The topological polar surface area (TPSA) is 63.2 Å². The second-order valence-electron chi connectivity index (χ2n) is 2.14. The van der Waals surface area contributed by atoms with Crippen molar-refractivity contribution < 1.29 is 0 Å². The van der Waals surface area contributed by atoms with E-state index in [-0.39, 0.29) is 6.42 Å². The Hall–Kier alpha value is -1.55. The number of rotatable bonds is 3. The summed E-state index contributed by atoms with van der Waals surface area (Å²) in [5.74, 6) is 0.560. The number of aliphatic imine (C=N–C) groups is 1. The van der Waals surface area contributed by atoms with Crippen LogP contribution in [0, 0.1) is 22.8 Å². The minimum atomic E-state index is 0.204. The molecular weight excluding hydrogens is 152 g/mol. The molecule has 64 valence electrons. The molecule has 4 nitrogen and oxygen atoms in total. The Bertz CT molecular complexity index is 226. The van der Waals surface area contributed by atoms with E-state index < -0.39 is 0 Å².